The molecule has 0 bridgehead atoms. The molecule has 31 heavy (non-hydrogen) atoms. The molecule has 2 N–H and O–H groups in total. The van der Waals surface area contributed by atoms with Crippen LogP contribution < -0.4 is 15.4 Å². The minimum atomic E-state index is -4.65. The topological polar surface area (TPSA) is 63.2 Å². The lowest BCUT2D eigenvalue weighted by molar-refractivity contribution is -0.141. The molecule has 9 heteroatoms. The van der Waals surface area contributed by atoms with Crippen molar-refractivity contribution < 1.29 is 22.7 Å². The molecule has 0 radical (unpaired) electrons. The van der Waals surface area contributed by atoms with Gasteiger partial charge in [0.2, 0.25) is 0 Å². The number of halogens is 4. The lowest BCUT2D eigenvalue weighted by atomic mass is 10.1. The van der Waals surface area contributed by atoms with Gasteiger partial charge in [0, 0.05) is 17.3 Å². The van der Waals surface area contributed by atoms with Crippen molar-refractivity contribution in [3.63, 3.8) is 0 Å². The Balaban J connectivity index is 1.88. The number of methoxy groups -OCH3 is 1. The van der Waals surface area contributed by atoms with Crippen LogP contribution in [0.25, 0.3) is 0 Å². The summed E-state index contributed by atoms with van der Waals surface area (Å²) in [4.78, 5) is 16.4. The number of hydrogen-bond acceptors (Lipinski definition) is 4. The molecule has 0 fully saturated rings. The first-order valence-corrected chi connectivity index (χ1v) is 9.57. The van der Waals surface area contributed by atoms with Crippen molar-refractivity contribution in [2.75, 3.05) is 12.4 Å². The highest BCUT2D eigenvalue weighted by Crippen LogP contribution is 2.31. The Kier molecular flexibility index (Phi) is 6.70. The van der Waals surface area contributed by atoms with Gasteiger partial charge >= 0.3 is 6.18 Å². The Morgan fingerprint density at radius 3 is 2.45 bits per heavy atom. The third kappa shape index (κ3) is 5.67. The number of benzene rings is 2. The summed E-state index contributed by atoms with van der Waals surface area (Å²) in [5, 5.41) is 5.91. The van der Waals surface area contributed by atoms with Crippen molar-refractivity contribution in [2.45, 2.75) is 19.6 Å². The van der Waals surface area contributed by atoms with Gasteiger partial charge in [-0.3, -0.25) is 4.79 Å². The van der Waals surface area contributed by atoms with Crippen molar-refractivity contribution >= 4 is 29.0 Å². The second-order valence-electron chi connectivity index (χ2n) is 6.71. The summed E-state index contributed by atoms with van der Waals surface area (Å²) in [5.74, 6) is -0.114. The maximum Gasteiger partial charge on any atom is 0.433 e. The van der Waals surface area contributed by atoms with Gasteiger partial charge in [0.05, 0.1) is 12.7 Å². The Labute approximate surface area is 182 Å². The number of hydrogen-bond donors (Lipinski definition) is 2. The second-order valence-corrected chi connectivity index (χ2v) is 7.14. The molecule has 0 saturated heterocycles. The van der Waals surface area contributed by atoms with Crippen molar-refractivity contribution in [2.24, 2.45) is 0 Å². The van der Waals surface area contributed by atoms with E-state index >= 15 is 0 Å². The molecule has 3 aromatic rings. The largest absolute Gasteiger partial charge is 0.497 e. The van der Waals surface area contributed by atoms with Gasteiger partial charge in [-0.15, -0.1) is 0 Å². The number of aryl methyl sites for hydroxylation is 1. The molecule has 1 amide bonds. The number of amides is 1. The predicted molar refractivity (Wildman–Crippen MR) is 113 cm³/mol. The van der Waals surface area contributed by atoms with E-state index in [1.54, 1.807) is 56.5 Å². The van der Waals surface area contributed by atoms with Gasteiger partial charge in [0.25, 0.3) is 5.91 Å². The molecule has 162 valence electrons. The number of anilines is 2. The Bertz CT molecular complexity index is 1090. The van der Waals surface area contributed by atoms with Crippen LogP contribution in [0.2, 0.25) is 5.02 Å². The maximum absolute atomic E-state index is 13.2. The number of carbonyl (C=O) groups is 1. The summed E-state index contributed by atoms with van der Waals surface area (Å²) in [6.45, 7) is 1.94. The number of pyridine rings is 1. The lowest BCUT2D eigenvalue weighted by Crippen LogP contribution is -2.24. The van der Waals surface area contributed by atoms with Crippen molar-refractivity contribution in [1.29, 1.82) is 0 Å². The van der Waals surface area contributed by atoms with Crippen LogP contribution >= 0.6 is 11.6 Å². The number of nitrogens with zero attached hydrogens (tertiary/aromatic N) is 1. The number of carbonyl (C=O) groups excluding carboxylic acids is 1. The first-order chi connectivity index (χ1) is 14.7. The summed E-state index contributed by atoms with van der Waals surface area (Å²) in [7, 11) is 1.55. The maximum atomic E-state index is 13.2. The van der Waals surface area contributed by atoms with E-state index in [0.29, 0.717) is 16.5 Å². The average molecular weight is 450 g/mol. The SMILES string of the molecule is COc1ccc(CNC(=O)c2ccc(C(F)(F)F)nc2Nc2cc(Cl)ccc2C)cc1. The van der Waals surface area contributed by atoms with Gasteiger partial charge in [-0.2, -0.15) is 13.2 Å². The van der Waals surface area contributed by atoms with Gasteiger partial charge in [-0.05, 0) is 54.4 Å². The average Bonchev–Trinajstić information content (AvgIpc) is 2.74. The third-order valence-electron chi connectivity index (χ3n) is 4.50. The molecule has 0 aliphatic carbocycles. The first-order valence-electron chi connectivity index (χ1n) is 9.20. The molecule has 0 atom stereocenters. The van der Waals surface area contributed by atoms with Crippen molar-refractivity contribution in [3.8, 4) is 5.75 Å². The molecule has 0 saturated carbocycles. The molecule has 1 heterocycles. The molecular formula is C22H19ClF3N3O2. The second kappa shape index (κ2) is 9.26. The number of rotatable bonds is 6. The summed E-state index contributed by atoms with van der Waals surface area (Å²) in [5.41, 5.74) is 0.841. The van der Waals surface area contributed by atoms with Crippen molar-refractivity contribution in [3.05, 3.63) is 82.0 Å². The van der Waals surface area contributed by atoms with E-state index in [9.17, 15) is 18.0 Å². The van der Waals surface area contributed by atoms with Crippen LogP contribution in [0.4, 0.5) is 24.7 Å². The number of aromatic nitrogens is 1. The van der Waals surface area contributed by atoms with Crippen molar-refractivity contribution in [1.82, 2.24) is 10.3 Å². The number of ether oxygens (including phenoxy) is 1. The molecular weight excluding hydrogens is 431 g/mol. The Morgan fingerprint density at radius 2 is 1.81 bits per heavy atom. The molecule has 5 nitrogen and oxygen atoms in total. The van der Waals surface area contributed by atoms with Crippen LogP contribution in [0.15, 0.2) is 54.6 Å². The molecule has 0 aliphatic heterocycles. The molecule has 3 rings (SSSR count). The van der Waals surface area contributed by atoms with Crippen LogP contribution in [-0.2, 0) is 12.7 Å². The fourth-order valence-corrected chi connectivity index (χ4v) is 2.95. The van der Waals surface area contributed by atoms with E-state index in [-0.39, 0.29) is 17.9 Å². The highest BCUT2D eigenvalue weighted by atomic mass is 35.5. The van der Waals surface area contributed by atoms with Gasteiger partial charge in [0.1, 0.15) is 17.3 Å². The van der Waals surface area contributed by atoms with E-state index < -0.39 is 17.8 Å². The fraction of sp³-hybridized carbons (Fsp3) is 0.182. The van der Waals surface area contributed by atoms with E-state index in [1.807, 2.05) is 0 Å². The van der Waals surface area contributed by atoms with Crippen LogP contribution in [-0.4, -0.2) is 18.0 Å². The minimum Gasteiger partial charge on any atom is -0.497 e. The highest BCUT2D eigenvalue weighted by molar-refractivity contribution is 6.30. The molecule has 0 spiro atoms. The summed E-state index contributed by atoms with van der Waals surface area (Å²) < 4.78 is 44.7. The lowest BCUT2D eigenvalue weighted by Gasteiger charge is -2.16. The smallest absolute Gasteiger partial charge is 0.433 e. The van der Waals surface area contributed by atoms with Crippen LogP contribution in [0.5, 0.6) is 5.75 Å². The van der Waals surface area contributed by atoms with Crippen LogP contribution in [0.1, 0.15) is 27.2 Å². The molecule has 0 aliphatic rings. The summed E-state index contributed by atoms with van der Waals surface area (Å²) >= 11 is 6.00. The predicted octanol–water partition coefficient (Wildman–Crippen LogP) is 5.74. The third-order valence-corrected chi connectivity index (χ3v) is 4.73. The van der Waals surface area contributed by atoms with Gasteiger partial charge < -0.3 is 15.4 Å². The molecule has 1 aromatic heterocycles. The zero-order valence-electron chi connectivity index (χ0n) is 16.7. The normalized spacial score (nSPS) is 11.2. The van der Waals surface area contributed by atoms with E-state index in [1.165, 1.54) is 0 Å². The Hall–Kier alpha value is -3.26. The highest BCUT2D eigenvalue weighted by Gasteiger charge is 2.33. The van der Waals surface area contributed by atoms with Crippen LogP contribution in [0.3, 0.4) is 0 Å². The van der Waals surface area contributed by atoms with E-state index in [2.05, 4.69) is 15.6 Å². The van der Waals surface area contributed by atoms with E-state index in [4.69, 9.17) is 16.3 Å². The summed E-state index contributed by atoms with van der Waals surface area (Å²) in [6, 6.07) is 13.8. The molecule has 2 aromatic carbocycles. The zero-order chi connectivity index (χ0) is 22.6. The van der Waals surface area contributed by atoms with Gasteiger partial charge in [-0.25, -0.2) is 4.98 Å². The number of alkyl halides is 3. The quantitative estimate of drug-likeness (QED) is 0.503. The Morgan fingerprint density at radius 1 is 1.10 bits per heavy atom. The van der Waals surface area contributed by atoms with Gasteiger partial charge in [0.15, 0.2) is 0 Å². The molecule has 0 unspecified atom stereocenters. The van der Waals surface area contributed by atoms with Gasteiger partial charge in [-0.1, -0.05) is 29.8 Å². The minimum absolute atomic E-state index is 0.0270. The standard InChI is InChI=1S/C22H19ClF3N3O2/c1-13-3-6-15(23)11-18(13)28-20-17(9-10-19(29-20)22(24,25)26)21(30)27-12-14-4-7-16(31-2)8-5-14/h3-11H,12H2,1-2H3,(H,27,30)(H,28,29). The summed E-state index contributed by atoms with van der Waals surface area (Å²) in [6.07, 6.45) is -4.65. The number of nitrogens with one attached hydrogen (secondary N) is 2. The zero-order valence-corrected chi connectivity index (χ0v) is 17.4. The van der Waals surface area contributed by atoms with Crippen LogP contribution in [0, 0.1) is 6.92 Å². The fourth-order valence-electron chi connectivity index (χ4n) is 2.77. The first kappa shape index (κ1) is 22.4. The van der Waals surface area contributed by atoms with E-state index in [0.717, 1.165) is 23.3 Å². The monoisotopic (exact) mass is 449 g/mol.